The molecule has 32 heavy (non-hydrogen) atoms. The van der Waals surface area contributed by atoms with E-state index in [0.29, 0.717) is 11.6 Å². The summed E-state index contributed by atoms with van der Waals surface area (Å²) in [5.74, 6) is -2.72. The van der Waals surface area contributed by atoms with Gasteiger partial charge in [0.15, 0.2) is 17.4 Å². The fraction of sp³-hybridized carbons (Fsp3) is 0.300. The van der Waals surface area contributed by atoms with Gasteiger partial charge >= 0.3 is 0 Å². The molecule has 1 aliphatic heterocycles. The summed E-state index contributed by atoms with van der Waals surface area (Å²) in [5.41, 5.74) is 1.08. The van der Waals surface area contributed by atoms with Crippen LogP contribution in [0, 0.1) is 17.6 Å². The number of nitrogens with zero attached hydrogens (tertiary/aromatic N) is 2. The molecule has 0 bridgehead atoms. The van der Waals surface area contributed by atoms with Crippen molar-refractivity contribution in [1.29, 1.82) is 0 Å². The van der Waals surface area contributed by atoms with Gasteiger partial charge in [-0.15, -0.1) is 0 Å². The Morgan fingerprint density at radius 2 is 1.94 bits per heavy atom. The number of sulfonamides is 1. The van der Waals surface area contributed by atoms with Gasteiger partial charge in [-0.3, -0.25) is 4.72 Å². The molecule has 0 saturated carbocycles. The van der Waals surface area contributed by atoms with Crippen LogP contribution in [0.4, 0.5) is 13.9 Å². The first-order valence-electron chi connectivity index (χ1n) is 9.71. The number of ether oxygens (including phenoxy) is 1. The van der Waals surface area contributed by atoms with Crippen LogP contribution in [0.2, 0.25) is 5.02 Å². The predicted octanol–water partition coefficient (Wildman–Crippen LogP) is 4.04. The zero-order valence-electron chi connectivity index (χ0n) is 16.6. The van der Waals surface area contributed by atoms with Crippen LogP contribution in [0.1, 0.15) is 17.9 Å². The highest BCUT2D eigenvalue weighted by Crippen LogP contribution is 2.33. The number of rotatable bonds is 7. The van der Waals surface area contributed by atoms with Crippen molar-refractivity contribution >= 4 is 38.3 Å². The van der Waals surface area contributed by atoms with E-state index in [-0.39, 0.29) is 23.6 Å². The Hall–Kier alpha value is -2.34. The molecule has 2 atom stereocenters. The van der Waals surface area contributed by atoms with E-state index >= 15 is 0 Å². The number of benzene rings is 2. The second-order valence-electron chi connectivity index (χ2n) is 7.29. The van der Waals surface area contributed by atoms with E-state index in [0.717, 1.165) is 48.5 Å². The molecule has 1 aliphatic rings. The molecule has 1 fully saturated rings. The number of hydrogen-bond acceptors (Lipinski definition) is 7. The lowest BCUT2D eigenvalue weighted by molar-refractivity contribution is 0.185. The van der Waals surface area contributed by atoms with Gasteiger partial charge in [0.05, 0.1) is 11.5 Å². The fourth-order valence-electron chi connectivity index (χ4n) is 3.66. The highest BCUT2D eigenvalue weighted by atomic mass is 35.5. The maximum absolute atomic E-state index is 14.6. The van der Waals surface area contributed by atoms with Gasteiger partial charge < -0.3 is 10.1 Å². The third kappa shape index (κ3) is 5.17. The minimum atomic E-state index is -4.23. The maximum atomic E-state index is 14.6. The Balaban J connectivity index is 1.49. The summed E-state index contributed by atoms with van der Waals surface area (Å²) in [6.07, 6.45) is 2.01. The first-order chi connectivity index (χ1) is 15.3. The molecule has 7 nitrogen and oxygen atoms in total. The average molecular weight is 501 g/mol. The molecule has 0 unspecified atom stereocenters. The predicted molar refractivity (Wildman–Crippen MR) is 118 cm³/mol. The van der Waals surface area contributed by atoms with Gasteiger partial charge in [0.25, 0.3) is 10.0 Å². The highest BCUT2D eigenvalue weighted by molar-refractivity contribution is 7.93. The van der Waals surface area contributed by atoms with E-state index in [4.69, 9.17) is 16.3 Å². The largest absolute Gasteiger partial charge is 0.487 e. The second-order valence-corrected chi connectivity index (χ2v) is 10.2. The first-order valence-corrected chi connectivity index (χ1v) is 12.3. The normalized spacial score (nSPS) is 19.0. The van der Waals surface area contributed by atoms with Crippen molar-refractivity contribution in [3.63, 3.8) is 0 Å². The number of halogens is 3. The van der Waals surface area contributed by atoms with Crippen LogP contribution in [0.25, 0.3) is 0 Å². The van der Waals surface area contributed by atoms with Crippen LogP contribution in [0.3, 0.4) is 0 Å². The van der Waals surface area contributed by atoms with Crippen molar-refractivity contribution in [1.82, 2.24) is 14.7 Å². The van der Waals surface area contributed by atoms with Gasteiger partial charge in [-0.2, -0.15) is 4.37 Å². The van der Waals surface area contributed by atoms with Crippen LogP contribution in [-0.4, -0.2) is 37.5 Å². The summed E-state index contributed by atoms with van der Waals surface area (Å²) < 4.78 is 65.3. The van der Waals surface area contributed by atoms with Gasteiger partial charge in [0, 0.05) is 29.0 Å². The highest BCUT2D eigenvalue weighted by Gasteiger charge is 2.28. The SMILES string of the molecule is O=S(=O)(Nc1ncns1)c1cc(F)c(OC[C@H]2CNCC[C@@H]2c2ccc(Cl)cc2)c(F)c1. The van der Waals surface area contributed by atoms with Crippen LogP contribution >= 0.6 is 23.1 Å². The van der Waals surface area contributed by atoms with E-state index in [1.165, 1.54) is 0 Å². The zero-order chi connectivity index (χ0) is 22.7. The summed E-state index contributed by atoms with van der Waals surface area (Å²) in [6, 6.07) is 8.94. The van der Waals surface area contributed by atoms with Crippen LogP contribution in [0.15, 0.2) is 47.6 Å². The van der Waals surface area contributed by atoms with Crippen molar-refractivity contribution in [2.24, 2.45) is 5.92 Å². The van der Waals surface area contributed by atoms with E-state index in [1.807, 2.05) is 24.3 Å². The molecule has 0 aliphatic carbocycles. The molecule has 3 aromatic rings. The molecule has 170 valence electrons. The Morgan fingerprint density at radius 3 is 2.59 bits per heavy atom. The van der Waals surface area contributed by atoms with Crippen molar-refractivity contribution < 1.29 is 21.9 Å². The molecular formula is C20H19ClF2N4O3S2. The molecule has 0 spiro atoms. The van der Waals surface area contributed by atoms with Crippen molar-refractivity contribution in [3.8, 4) is 5.75 Å². The smallest absolute Gasteiger partial charge is 0.263 e. The molecule has 0 radical (unpaired) electrons. The van der Waals surface area contributed by atoms with Gasteiger partial charge in [-0.25, -0.2) is 22.2 Å². The number of aromatic nitrogens is 2. The number of anilines is 1. The molecule has 0 amide bonds. The van der Waals surface area contributed by atoms with Crippen LogP contribution in [-0.2, 0) is 10.0 Å². The van der Waals surface area contributed by atoms with Crippen molar-refractivity contribution in [3.05, 3.63) is 64.9 Å². The van der Waals surface area contributed by atoms with Crippen LogP contribution in [0.5, 0.6) is 5.75 Å². The fourth-order valence-corrected chi connectivity index (χ4v) is 5.47. The molecule has 12 heteroatoms. The van der Waals surface area contributed by atoms with E-state index in [1.54, 1.807) is 0 Å². The molecule has 2 N–H and O–H groups in total. The topological polar surface area (TPSA) is 93.2 Å². The first kappa shape index (κ1) is 22.8. The van der Waals surface area contributed by atoms with E-state index in [2.05, 4.69) is 19.4 Å². The molecule has 1 saturated heterocycles. The average Bonchev–Trinajstić information content (AvgIpc) is 3.26. The molecule has 1 aromatic heterocycles. The summed E-state index contributed by atoms with van der Waals surface area (Å²) in [7, 11) is -4.23. The van der Waals surface area contributed by atoms with Crippen LogP contribution < -0.4 is 14.8 Å². The molecule has 2 aromatic carbocycles. The minimum Gasteiger partial charge on any atom is -0.487 e. The Kier molecular flexibility index (Phi) is 6.89. The van der Waals surface area contributed by atoms with Gasteiger partial charge in [-0.05, 0) is 48.7 Å². The summed E-state index contributed by atoms with van der Waals surface area (Å²) in [5, 5.41) is 3.89. The van der Waals surface area contributed by atoms with Gasteiger partial charge in [0.1, 0.15) is 6.33 Å². The lowest BCUT2D eigenvalue weighted by atomic mass is 9.81. The third-order valence-electron chi connectivity index (χ3n) is 5.21. The standard InChI is InChI=1S/C20H19ClF2N4O3S2/c21-14-3-1-12(2-4-14)16-5-6-24-9-13(16)10-30-19-17(22)7-15(8-18(19)23)32(28,29)27-20-25-11-26-31-20/h1-4,7-8,11,13,16,24H,5-6,9-10H2,(H,25,26,27)/t13-,16-/m1/s1. The van der Waals surface area contributed by atoms with Crippen molar-refractivity contribution in [2.45, 2.75) is 17.2 Å². The third-order valence-corrected chi connectivity index (χ3v) is 7.49. The number of hydrogen-bond donors (Lipinski definition) is 2. The second kappa shape index (κ2) is 9.65. The summed E-state index contributed by atoms with van der Waals surface area (Å²) in [4.78, 5) is 3.12. The molecular weight excluding hydrogens is 482 g/mol. The minimum absolute atomic E-state index is 0.0100. The Bertz CT molecular complexity index is 1160. The molecule has 2 heterocycles. The van der Waals surface area contributed by atoms with E-state index < -0.39 is 32.3 Å². The summed E-state index contributed by atoms with van der Waals surface area (Å²) >= 11 is 6.78. The summed E-state index contributed by atoms with van der Waals surface area (Å²) in [6.45, 7) is 1.50. The Labute approximate surface area is 193 Å². The number of nitrogens with one attached hydrogen (secondary N) is 2. The van der Waals surface area contributed by atoms with Gasteiger partial charge in [0.2, 0.25) is 5.13 Å². The van der Waals surface area contributed by atoms with E-state index in [9.17, 15) is 17.2 Å². The monoisotopic (exact) mass is 500 g/mol. The van der Waals surface area contributed by atoms with Crippen molar-refractivity contribution in [2.75, 3.05) is 24.4 Å². The Morgan fingerprint density at radius 1 is 1.22 bits per heavy atom. The maximum Gasteiger partial charge on any atom is 0.263 e. The number of piperidine rings is 1. The zero-order valence-corrected chi connectivity index (χ0v) is 19.0. The quantitative estimate of drug-likeness (QED) is 0.508. The lowest BCUT2D eigenvalue weighted by Crippen LogP contribution is -2.38. The van der Waals surface area contributed by atoms with Gasteiger partial charge in [-0.1, -0.05) is 23.7 Å². The molecule has 4 rings (SSSR count). The lowest BCUT2D eigenvalue weighted by Gasteiger charge is -2.32.